The Hall–Kier alpha value is -2.30. The molecule has 0 saturated carbocycles. The molecule has 1 aromatic rings. The third-order valence-corrected chi connectivity index (χ3v) is 7.97. The molecule has 1 radical (unpaired) electrons. The van der Waals surface area contributed by atoms with Crippen molar-refractivity contribution in [1.29, 1.82) is 0 Å². The first-order valence-electron chi connectivity index (χ1n) is 13.8. The molecule has 209 valence electrons. The summed E-state index contributed by atoms with van der Waals surface area (Å²) in [6.07, 6.45) is 9.24. The van der Waals surface area contributed by atoms with E-state index in [2.05, 4.69) is 60.5 Å². The molecule has 0 aliphatic carbocycles. The van der Waals surface area contributed by atoms with Crippen molar-refractivity contribution in [2.45, 2.75) is 91.7 Å². The van der Waals surface area contributed by atoms with Gasteiger partial charge in [-0.1, -0.05) is 12.7 Å². The van der Waals surface area contributed by atoms with E-state index in [0.29, 0.717) is 24.5 Å². The summed E-state index contributed by atoms with van der Waals surface area (Å²) in [5, 5.41) is 8.87. The van der Waals surface area contributed by atoms with Gasteiger partial charge in [-0.25, -0.2) is 0 Å². The van der Waals surface area contributed by atoms with Crippen molar-refractivity contribution in [3.05, 3.63) is 57.7 Å². The number of hydrogen-bond donors (Lipinski definition) is 1. The minimum absolute atomic E-state index is 0.00656. The molecule has 2 rings (SSSR count). The zero-order valence-corrected chi connectivity index (χ0v) is 26.1. The van der Waals surface area contributed by atoms with E-state index < -0.39 is 11.5 Å². The number of carbonyl (C=O) groups excluding carboxylic acids is 1. The first kappa shape index (κ1) is 32.9. The molecule has 0 spiro atoms. The molecule has 0 saturated heterocycles. The number of rotatable bonds is 14. The summed E-state index contributed by atoms with van der Waals surface area (Å²) in [5.74, 6) is 5.94. The van der Waals surface area contributed by atoms with Crippen LogP contribution >= 0.6 is 23.1 Å². The normalized spacial score (nSPS) is 15.4. The maximum atomic E-state index is 13.1. The summed E-state index contributed by atoms with van der Waals surface area (Å²) in [5.41, 5.74) is 2.15. The number of nitrogens with one attached hydrogen (secondary N) is 1. The number of carbonyl (C=O) groups is 1. The van der Waals surface area contributed by atoms with Crippen LogP contribution in [0.15, 0.2) is 57.8 Å². The standard InChI is InChI=1S/C32H44BN2O2S2/c1-8-15-24(4)16-12-10-9-11-13-17-27(25-21-34-30(39-22-25)28-18-14-19-38-28)35-29(33)26(20-23(2)3)31(36)37-32(5,6)7/h8,14-15,18-19,22-23,26-27,35H,1,9-11,13,17,20-21H2,2-7H3/b24-15-/t26-,27?/m0/s1. The number of esters is 1. The number of thioether (sulfide) groups is 1. The van der Waals surface area contributed by atoms with Gasteiger partial charge in [-0.15, -0.1) is 0 Å². The summed E-state index contributed by atoms with van der Waals surface area (Å²) in [7, 11) is 6.63. The number of hydrogen-bond acceptors (Lipinski definition) is 6. The quantitative estimate of drug-likeness (QED) is 0.0839. The molecule has 2 atom stereocenters. The predicted octanol–water partition coefficient (Wildman–Crippen LogP) is 7.47. The van der Waals surface area contributed by atoms with Gasteiger partial charge in [0.2, 0.25) is 0 Å². The third-order valence-electron chi connectivity index (χ3n) is 5.97. The molecule has 7 heteroatoms. The molecule has 1 aromatic heterocycles. The number of thiophene rings is 1. The summed E-state index contributed by atoms with van der Waals surface area (Å²) in [6.45, 7) is 16.2. The Balaban J connectivity index is 2.09. The fourth-order valence-electron chi connectivity index (χ4n) is 4.10. The Morgan fingerprint density at radius 2 is 2.08 bits per heavy atom. The molecule has 0 amide bonds. The maximum absolute atomic E-state index is 13.1. The van der Waals surface area contributed by atoms with Crippen LogP contribution < -0.4 is 5.32 Å². The Morgan fingerprint density at radius 3 is 2.67 bits per heavy atom. The van der Waals surface area contributed by atoms with Gasteiger partial charge in [0.25, 0.3) is 0 Å². The van der Waals surface area contributed by atoms with Crippen LogP contribution in [-0.2, 0) is 9.53 Å². The van der Waals surface area contributed by atoms with Crippen molar-refractivity contribution in [3.63, 3.8) is 0 Å². The molecule has 1 aliphatic heterocycles. The van der Waals surface area contributed by atoms with Crippen LogP contribution in [0.4, 0.5) is 0 Å². The first-order valence-corrected chi connectivity index (χ1v) is 15.6. The topological polar surface area (TPSA) is 50.7 Å². The third kappa shape index (κ3) is 12.6. The van der Waals surface area contributed by atoms with Crippen LogP contribution in [-0.4, -0.2) is 42.3 Å². The molecule has 39 heavy (non-hydrogen) atoms. The molecular formula is C32H44BN2O2S2. The van der Waals surface area contributed by atoms with Crippen LogP contribution in [0.1, 0.15) is 84.9 Å². The van der Waals surface area contributed by atoms with Gasteiger partial charge in [0.1, 0.15) is 0 Å². The number of aliphatic imine (C=N–C) groups is 1. The van der Waals surface area contributed by atoms with Crippen molar-refractivity contribution >= 4 is 47.2 Å². The Bertz CT molecular complexity index is 1120. The monoisotopic (exact) mass is 563 g/mol. The van der Waals surface area contributed by atoms with Crippen LogP contribution in [0.2, 0.25) is 0 Å². The van der Waals surface area contributed by atoms with E-state index in [1.165, 1.54) is 10.5 Å². The SMILES string of the molecule is [B]=C(NC(CCCCCC#C/C(C)=C\C=C)C1=CSC(c2cccs2)=NC1)[C@H](CC(C)C)C(=O)OC(C)(C)C. The van der Waals surface area contributed by atoms with E-state index in [-0.39, 0.29) is 12.0 Å². The summed E-state index contributed by atoms with van der Waals surface area (Å²) in [4.78, 5) is 19.1. The van der Waals surface area contributed by atoms with E-state index in [9.17, 15) is 4.79 Å². The second kappa shape index (κ2) is 16.7. The molecule has 1 aliphatic rings. The Kier molecular flexibility index (Phi) is 14.1. The Morgan fingerprint density at radius 1 is 1.31 bits per heavy atom. The van der Waals surface area contributed by atoms with Crippen LogP contribution in [0.5, 0.6) is 0 Å². The van der Waals surface area contributed by atoms with E-state index in [1.807, 2.05) is 33.8 Å². The van der Waals surface area contributed by atoms with Crippen LogP contribution in [0.25, 0.3) is 0 Å². The first-order chi connectivity index (χ1) is 18.5. The number of allylic oxidation sites excluding steroid dienone is 3. The van der Waals surface area contributed by atoms with Crippen LogP contribution in [0, 0.1) is 23.7 Å². The van der Waals surface area contributed by atoms with Crippen LogP contribution in [0.3, 0.4) is 0 Å². The van der Waals surface area contributed by atoms with Crippen molar-refractivity contribution in [1.82, 2.24) is 5.32 Å². The average Bonchev–Trinajstić information content (AvgIpc) is 3.40. The fraction of sp³-hybridized carbons (Fsp3) is 0.531. The molecule has 1 unspecified atom stereocenters. The Labute approximate surface area is 245 Å². The van der Waals surface area contributed by atoms with Crippen molar-refractivity contribution in [2.24, 2.45) is 16.8 Å². The van der Waals surface area contributed by atoms with E-state index in [4.69, 9.17) is 17.2 Å². The summed E-state index contributed by atoms with van der Waals surface area (Å²) in [6, 6.07) is 4.16. The van der Waals surface area contributed by atoms with Gasteiger partial charge in [0.15, 0.2) is 0 Å². The zero-order valence-electron chi connectivity index (χ0n) is 24.5. The average molecular weight is 564 g/mol. The number of unbranched alkanes of at least 4 members (excludes halogenated alkanes) is 3. The van der Waals surface area contributed by atoms with E-state index in [1.54, 1.807) is 29.2 Å². The zero-order chi connectivity index (χ0) is 28.8. The second-order valence-electron chi connectivity index (χ2n) is 11.3. The molecule has 4 nitrogen and oxygen atoms in total. The molecule has 0 fully saturated rings. The summed E-state index contributed by atoms with van der Waals surface area (Å²) < 4.78 is 5.73. The van der Waals surface area contributed by atoms with Gasteiger partial charge in [-0.3, -0.25) is 0 Å². The van der Waals surface area contributed by atoms with Gasteiger partial charge in [0, 0.05) is 0 Å². The van der Waals surface area contributed by atoms with Gasteiger partial charge in [-0.05, 0) is 0 Å². The fourth-order valence-corrected chi connectivity index (χ4v) is 5.84. The number of ether oxygens (including phenoxy) is 1. The molecular weight excluding hydrogens is 519 g/mol. The van der Waals surface area contributed by atoms with E-state index >= 15 is 0 Å². The predicted molar refractivity (Wildman–Crippen MR) is 173 cm³/mol. The van der Waals surface area contributed by atoms with Gasteiger partial charge >= 0.3 is 234 Å². The van der Waals surface area contributed by atoms with Gasteiger partial charge < -0.3 is 0 Å². The molecule has 0 bridgehead atoms. The summed E-state index contributed by atoms with van der Waals surface area (Å²) >= 11 is 3.36. The van der Waals surface area contributed by atoms with E-state index in [0.717, 1.165) is 42.7 Å². The van der Waals surface area contributed by atoms with Crippen molar-refractivity contribution in [2.75, 3.05) is 6.54 Å². The van der Waals surface area contributed by atoms with Gasteiger partial charge in [0.05, 0.1) is 0 Å². The van der Waals surface area contributed by atoms with Crippen molar-refractivity contribution < 1.29 is 9.53 Å². The van der Waals surface area contributed by atoms with Crippen molar-refractivity contribution in [3.8, 4) is 11.8 Å². The molecule has 2 heterocycles. The molecule has 1 N–H and O–H groups in total. The minimum atomic E-state index is -0.565. The van der Waals surface area contributed by atoms with Gasteiger partial charge in [-0.2, -0.15) is 0 Å². The second-order valence-corrected chi connectivity index (χ2v) is 13.1. The molecule has 0 aromatic carbocycles. The number of nitrogens with zero attached hydrogens (tertiary/aromatic N) is 1.